The molecular formula is C13H15NO4. The van der Waals surface area contributed by atoms with E-state index < -0.39 is 0 Å². The summed E-state index contributed by atoms with van der Waals surface area (Å²) in [6.45, 7) is 0.512. The highest BCUT2D eigenvalue weighted by Crippen LogP contribution is 2.39. The van der Waals surface area contributed by atoms with Crippen LogP contribution in [-0.2, 0) is 16.0 Å². The Morgan fingerprint density at radius 3 is 2.67 bits per heavy atom. The van der Waals surface area contributed by atoms with E-state index in [4.69, 9.17) is 14.2 Å². The van der Waals surface area contributed by atoms with Crippen LogP contribution in [0.2, 0.25) is 0 Å². The van der Waals surface area contributed by atoms with Gasteiger partial charge in [0.25, 0.3) is 0 Å². The number of hydrogen-bond donors (Lipinski definition) is 1. The number of ether oxygens (including phenoxy) is 3. The van der Waals surface area contributed by atoms with E-state index in [0.29, 0.717) is 24.5 Å². The fourth-order valence-corrected chi connectivity index (χ4v) is 2.55. The quantitative estimate of drug-likeness (QED) is 0.843. The van der Waals surface area contributed by atoms with E-state index in [1.807, 2.05) is 12.1 Å². The number of morpholine rings is 1. The van der Waals surface area contributed by atoms with Crippen LogP contribution in [0.3, 0.4) is 0 Å². The molecule has 1 aromatic carbocycles. The lowest BCUT2D eigenvalue weighted by atomic mass is 9.91. The van der Waals surface area contributed by atoms with Crippen LogP contribution in [-0.4, -0.2) is 32.8 Å². The average Bonchev–Trinajstić information content (AvgIpc) is 2.41. The first-order chi connectivity index (χ1) is 8.72. The molecule has 1 N–H and O–H groups in total. The zero-order valence-electron chi connectivity index (χ0n) is 10.4. The lowest BCUT2D eigenvalue weighted by Crippen LogP contribution is -2.49. The van der Waals surface area contributed by atoms with Crippen LogP contribution in [0.1, 0.15) is 17.2 Å². The number of benzene rings is 1. The first-order valence-corrected chi connectivity index (χ1v) is 5.91. The van der Waals surface area contributed by atoms with E-state index in [1.54, 1.807) is 14.2 Å². The summed E-state index contributed by atoms with van der Waals surface area (Å²) >= 11 is 0. The lowest BCUT2D eigenvalue weighted by molar-refractivity contribution is -0.146. The highest BCUT2D eigenvalue weighted by molar-refractivity contribution is 5.82. The van der Waals surface area contributed by atoms with Crippen molar-refractivity contribution in [1.82, 2.24) is 5.32 Å². The normalized spacial score (nSPS) is 25.1. The molecule has 0 spiro atoms. The largest absolute Gasteiger partial charge is 0.493 e. The third-order valence-electron chi connectivity index (χ3n) is 3.48. The molecule has 3 rings (SSSR count). The Hall–Kier alpha value is -1.75. The van der Waals surface area contributed by atoms with Crippen molar-refractivity contribution in [3.05, 3.63) is 23.3 Å². The minimum absolute atomic E-state index is 0.0355. The molecule has 0 radical (unpaired) electrons. The number of methoxy groups -OCH3 is 2. The summed E-state index contributed by atoms with van der Waals surface area (Å²) < 4.78 is 16.3. The summed E-state index contributed by atoms with van der Waals surface area (Å²) in [4.78, 5) is 11.6. The van der Waals surface area contributed by atoms with Crippen molar-refractivity contribution in [1.29, 1.82) is 0 Å². The van der Waals surface area contributed by atoms with Crippen LogP contribution in [0, 0.1) is 0 Å². The second-order valence-corrected chi connectivity index (χ2v) is 4.47. The summed E-state index contributed by atoms with van der Waals surface area (Å²) in [6, 6.07) is 3.88. The summed E-state index contributed by atoms with van der Waals surface area (Å²) in [5.74, 6) is 1.35. The number of nitrogens with one attached hydrogen (secondary N) is 1. The predicted octanol–water partition coefficient (Wildman–Crippen LogP) is 0.816. The SMILES string of the molecule is COc1cc2c(cc1OC)[C@@H]1CNC(=O)[C@H](C2)O1. The predicted molar refractivity (Wildman–Crippen MR) is 63.9 cm³/mol. The van der Waals surface area contributed by atoms with Crippen molar-refractivity contribution in [3.63, 3.8) is 0 Å². The maximum Gasteiger partial charge on any atom is 0.249 e. The number of carbonyl (C=O) groups excluding carboxylic acids is 1. The fourth-order valence-electron chi connectivity index (χ4n) is 2.55. The van der Waals surface area contributed by atoms with E-state index in [9.17, 15) is 4.79 Å². The maximum atomic E-state index is 11.6. The summed E-state index contributed by atoms with van der Waals surface area (Å²) in [7, 11) is 3.22. The molecular weight excluding hydrogens is 234 g/mol. The average molecular weight is 249 g/mol. The van der Waals surface area contributed by atoms with Gasteiger partial charge in [-0.1, -0.05) is 0 Å². The second kappa shape index (κ2) is 4.17. The van der Waals surface area contributed by atoms with Gasteiger partial charge in [0, 0.05) is 13.0 Å². The number of carbonyl (C=O) groups is 1. The van der Waals surface area contributed by atoms with Gasteiger partial charge in [-0.2, -0.15) is 0 Å². The standard InChI is InChI=1S/C13H15NO4/c1-16-9-3-7-4-11-13(15)14-6-12(18-11)8(7)5-10(9)17-2/h3,5,11-12H,4,6H2,1-2H3,(H,14,15)/t11-,12-/m0/s1. The van der Waals surface area contributed by atoms with E-state index in [0.717, 1.165) is 11.1 Å². The van der Waals surface area contributed by atoms with Crippen LogP contribution in [0.25, 0.3) is 0 Å². The highest BCUT2D eigenvalue weighted by atomic mass is 16.5. The molecule has 5 nitrogen and oxygen atoms in total. The van der Waals surface area contributed by atoms with Gasteiger partial charge in [-0.25, -0.2) is 0 Å². The molecule has 1 saturated heterocycles. The van der Waals surface area contributed by atoms with Crippen molar-refractivity contribution in [2.45, 2.75) is 18.6 Å². The van der Waals surface area contributed by atoms with Gasteiger partial charge in [0.1, 0.15) is 12.2 Å². The van der Waals surface area contributed by atoms with Gasteiger partial charge in [-0.3, -0.25) is 4.79 Å². The molecule has 0 aromatic heterocycles. The lowest BCUT2D eigenvalue weighted by Gasteiger charge is -2.36. The van der Waals surface area contributed by atoms with Crippen LogP contribution in [0.15, 0.2) is 12.1 Å². The number of rotatable bonds is 2. The Labute approximate surface area is 105 Å². The molecule has 0 unspecified atom stereocenters. The van der Waals surface area contributed by atoms with Gasteiger partial charge in [-0.05, 0) is 23.3 Å². The molecule has 2 atom stereocenters. The minimum atomic E-state index is -0.380. The molecule has 2 aliphatic rings. The van der Waals surface area contributed by atoms with Gasteiger partial charge < -0.3 is 19.5 Å². The zero-order chi connectivity index (χ0) is 12.7. The number of amides is 1. The van der Waals surface area contributed by atoms with Gasteiger partial charge in [-0.15, -0.1) is 0 Å². The Kier molecular flexibility index (Phi) is 2.63. The Morgan fingerprint density at radius 1 is 1.22 bits per heavy atom. The summed E-state index contributed by atoms with van der Waals surface area (Å²) in [6.07, 6.45) is 0.114. The third-order valence-corrected chi connectivity index (χ3v) is 3.48. The molecule has 2 heterocycles. The summed E-state index contributed by atoms with van der Waals surface area (Å²) in [5, 5.41) is 2.86. The maximum absolute atomic E-state index is 11.6. The molecule has 2 bridgehead atoms. The van der Waals surface area contributed by atoms with Crippen LogP contribution >= 0.6 is 0 Å². The van der Waals surface area contributed by atoms with Crippen molar-refractivity contribution in [3.8, 4) is 11.5 Å². The first kappa shape index (κ1) is 11.3. The Balaban J connectivity index is 2.06. The molecule has 5 heteroatoms. The molecule has 0 aliphatic carbocycles. The van der Waals surface area contributed by atoms with E-state index in [-0.39, 0.29) is 18.1 Å². The van der Waals surface area contributed by atoms with E-state index >= 15 is 0 Å². The topological polar surface area (TPSA) is 56.8 Å². The van der Waals surface area contributed by atoms with Gasteiger partial charge >= 0.3 is 0 Å². The molecule has 2 aliphatic heterocycles. The fraction of sp³-hybridized carbons (Fsp3) is 0.462. The van der Waals surface area contributed by atoms with Crippen molar-refractivity contribution in [2.75, 3.05) is 20.8 Å². The monoisotopic (exact) mass is 249 g/mol. The van der Waals surface area contributed by atoms with Crippen LogP contribution < -0.4 is 14.8 Å². The van der Waals surface area contributed by atoms with Crippen molar-refractivity contribution >= 4 is 5.91 Å². The Bertz CT molecular complexity index is 500. The van der Waals surface area contributed by atoms with Gasteiger partial charge in [0.05, 0.1) is 14.2 Å². The second-order valence-electron chi connectivity index (χ2n) is 4.47. The van der Waals surface area contributed by atoms with Crippen molar-refractivity contribution < 1.29 is 19.0 Å². The third kappa shape index (κ3) is 1.62. The van der Waals surface area contributed by atoms with E-state index in [1.165, 1.54) is 0 Å². The molecule has 0 saturated carbocycles. The van der Waals surface area contributed by atoms with Gasteiger partial charge in [0.15, 0.2) is 11.5 Å². The molecule has 1 aromatic rings. The molecule has 96 valence electrons. The van der Waals surface area contributed by atoms with Crippen LogP contribution in [0.4, 0.5) is 0 Å². The van der Waals surface area contributed by atoms with Crippen molar-refractivity contribution in [2.24, 2.45) is 0 Å². The Morgan fingerprint density at radius 2 is 1.94 bits per heavy atom. The molecule has 1 amide bonds. The molecule has 1 fully saturated rings. The first-order valence-electron chi connectivity index (χ1n) is 5.91. The smallest absolute Gasteiger partial charge is 0.249 e. The molecule has 18 heavy (non-hydrogen) atoms. The highest BCUT2D eigenvalue weighted by Gasteiger charge is 2.36. The zero-order valence-corrected chi connectivity index (χ0v) is 10.4. The van der Waals surface area contributed by atoms with E-state index in [2.05, 4.69) is 5.32 Å². The van der Waals surface area contributed by atoms with Crippen LogP contribution in [0.5, 0.6) is 11.5 Å². The number of fused-ring (bicyclic) bond motifs is 4. The summed E-state index contributed by atoms with van der Waals surface area (Å²) in [5.41, 5.74) is 2.17. The van der Waals surface area contributed by atoms with Gasteiger partial charge in [0.2, 0.25) is 5.91 Å². The minimum Gasteiger partial charge on any atom is -0.493 e. The number of hydrogen-bond acceptors (Lipinski definition) is 4.